The normalized spacial score (nSPS) is 15.9. The number of halogens is 13. The Labute approximate surface area is 119 Å². The molecule has 0 atom stereocenters. The topological polar surface area (TPSA) is 20.2 Å². The molecule has 0 aromatic carbocycles. The van der Waals surface area contributed by atoms with E-state index in [0.717, 1.165) is 0 Å². The van der Waals surface area contributed by atoms with Gasteiger partial charge in [0.1, 0.15) is 0 Å². The van der Waals surface area contributed by atoms with Gasteiger partial charge in [0, 0.05) is 13.0 Å². The second-order valence-corrected chi connectivity index (χ2v) is 4.33. The molecule has 0 amide bonds. The molecule has 140 valence electrons. The van der Waals surface area contributed by atoms with Crippen LogP contribution in [0.4, 0.5) is 57.1 Å². The predicted octanol–water partition coefficient (Wildman–Crippen LogP) is 4.50. The van der Waals surface area contributed by atoms with E-state index >= 15 is 0 Å². The highest BCUT2D eigenvalue weighted by molar-refractivity contribution is 5.10. The van der Waals surface area contributed by atoms with Gasteiger partial charge in [-0.05, 0) is 6.42 Å². The summed E-state index contributed by atoms with van der Waals surface area (Å²) < 4.78 is 163. The molecule has 0 rings (SSSR count). The Hall–Kier alpha value is -0.950. The van der Waals surface area contributed by atoms with Gasteiger partial charge >= 0.3 is 35.8 Å². The highest BCUT2D eigenvalue weighted by atomic mass is 19.4. The van der Waals surface area contributed by atoms with Crippen molar-refractivity contribution < 1.29 is 62.2 Å². The summed E-state index contributed by atoms with van der Waals surface area (Å²) in [5.41, 5.74) is 0. The van der Waals surface area contributed by atoms with E-state index in [4.69, 9.17) is 5.11 Å². The molecular weight excluding hydrogens is 371 g/mol. The molecule has 1 nitrogen and oxygen atoms in total. The maximum absolute atomic E-state index is 13.0. The van der Waals surface area contributed by atoms with Crippen molar-refractivity contribution >= 4 is 0 Å². The number of aliphatic hydroxyl groups is 1. The first-order valence-electron chi connectivity index (χ1n) is 5.38. The summed E-state index contributed by atoms with van der Waals surface area (Å²) in [5, 5.41) is 8.11. The largest absolute Gasteiger partial charge is 0.460 e. The zero-order valence-corrected chi connectivity index (χ0v) is 10.5. The number of hydrogen-bond acceptors (Lipinski definition) is 1. The van der Waals surface area contributed by atoms with Gasteiger partial charge in [-0.1, -0.05) is 0 Å². The Bertz CT molecular complexity index is 410. The monoisotopic (exact) mass is 378 g/mol. The van der Waals surface area contributed by atoms with Crippen LogP contribution in [-0.2, 0) is 0 Å². The van der Waals surface area contributed by atoms with Gasteiger partial charge in [0.15, 0.2) is 0 Å². The fraction of sp³-hybridized carbons (Fsp3) is 1.00. The molecule has 0 saturated carbocycles. The maximum atomic E-state index is 13.0. The summed E-state index contributed by atoms with van der Waals surface area (Å²) in [5.74, 6) is -36.7. The molecule has 0 aromatic rings. The average molecular weight is 378 g/mol. The molecule has 0 spiro atoms. The predicted molar refractivity (Wildman–Crippen MR) is 47.1 cm³/mol. The van der Waals surface area contributed by atoms with Gasteiger partial charge in [0.25, 0.3) is 0 Å². The minimum Gasteiger partial charge on any atom is -0.396 e. The number of rotatable bonds is 7. The second-order valence-electron chi connectivity index (χ2n) is 4.33. The third-order valence-corrected chi connectivity index (χ3v) is 2.65. The van der Waals surface area contributed by atoms with Gasteiger partial charge < -0.3 is 5.11 Å². The molecule has 0 heterocycles. The van der Waals surface area contributed by atoms with Crippen LogP contribution in [0.3, 0.4) is 0 Å². The lowest BCUT2D eigenvalue weighted by molar-refractivity contribution is -0.440. The molecule has 14 heteroatoms. The van der Waals surface area contributed by atoms with Crippen molar-refractivity contribution in [2.45, 2.75) is 48.6 Å². The zero-order valence-electron chi connectivity index (χ0n) is 10.5. The van der Waals surface area contributed by atoms with Crippen LogP contribution in [0.15, 0.2) is 0 Å². The summed E-state index contributed by atoms with van der Waals surface area (Å²) in [6, 6.07) is 0. The van der Waals surface area contributed by atoms with Crippen LogP contribution in [-0.4, -0.2) is 47.5 Å². The summed E-state index contributed by atoms with van der Waals surface area (Å²) in [6.45, 7) is -1.29. The highest BCUT2D eigenvalue weighted by Gasteiger charge is 2.90. The van der Waals surface area contributed by atoms with Gasteiger partial charge in [0.05, 0.1) is 0 Å². The van der Waals surface area contributed by atoms with Crippen LogP contribution in [0, 0.1) is 0 Å². The number of alkyl halides is 13. The molecule has 1 N–H and O–H groups in total. The van der Waals surface area contributed by atoms with Gasteiger partial charge in [0.2, 0.25) is 0 Å². The van der Waals surface area contributed by atoms with Crippen LogP contribution in [0.5, 0.6) is 0 Å². The molecule has 0 aromatic heterocycles. The van der Waals surface area contributed by atoms with Crippen molar-refractivity contribution in [3.63, 3.8) is 0 Å². The van der Waals surface area contributed by atoms with Gasteiger partial charge in [-0.25, -0.2) is 0 Å². The summed E-state index contributed by atoms with van der Waals surface area (Å²) in [4.78, 5) is 0. The lowest BCUT2D eigenvalue weighted by Gasteiger charge is -2.39. The second kappa shape index (κ2) is 5.84. The molecule has 0 aliphatic heterocycles. The quantitative estimate of drug-likeness (QED) is 0.647. The van der Waals surface area contributed by atoms with Crippen LogP contribution in [0.25, 0.3) is 0 Å². The fourth-order valence-corrected chi connectivity index (χ4v) is 1.26. The van der Waals surface area contributed by atoms with E-state index in [1.165, 1.54) is 0 Å². The van der Waals surface area contributed by atoms with E-state index in [9.17, 15) is 57.1 Å². The smallest absolute Gasteiger partial charge is 0.396 e. The Morgan fingerprint density at radius 1 is 0.522 bits per heavy atom. The summed E-state index contributed by atoms with van der Waals surface area (Å²) in [7, 11) is 0. The Morgan fingerprint density at radius 2 is 0.870 bits per heavy atom. The molecule has 0 fully saturated rings. The van der Waals surface area contributed by atoms with Crippen molar-refractivity contribution in [3.8, 4) is 0 Å². The third-order valence-electron chi connectivity index (χ3n) is 2.65. The number of aliphatic hydroxyl groups excluding tert-OH is 1. The van der Waals surface area contributed by atoms with Gasteiger partial charge in [-0.2, -0.15) is 57.1 Å². The van der Waals surface area contributed by atoms with E-state index in [-0.39, 0.29) is 0 Å². The highest BCUT2D eigenvalue weighted by Crippen LogP contribution is 2.60. The van der Waals surface area contributed by atoms with E-state index in [1.807, 2.05) is 0 Å². The molecule has 0 aliphatic rings. The Balaban J connectivity index is 6.03. The third kappa shape index (κ3) is 3.18. The molecule has 0 saturated heterocycles. The van der Waals surface area contributed by atoms with Crippen molar-refractivity contribution in [2.75, 3.05) is 6.61 Å². The molecule has 0 unspecified atom stereocenters. The number of hydrogen-bond donors (Lipinski definition) is 1. The van der Waals surface area contributed by atoms with Crippen molar-refractivity contribution in [3.05, 3.63) is 0 Å². The first-order chi connectivity index (χ1) is 9.81. The van der Waals surface area contributed by atoms with Crippen LogP contribution in [0.1, 0.15) is 12.8 Å². The standard InChI is InChI=1S/C9H7F13O/c10-4(11,2-1-3-23)5(12,13)6(14,15)7(16,17)8(18,19)9(20,21)22/h23H,1-3H2. The Morgan fingerprint density at radius 3 is 1.17 bits per heavy atom. The van der Waals surface area contributed by atoms with Gasteiger partial charge in [-0.3, -0.25) is 0 Å². The van der Waals surface area contributed by atoms with Crippen molar-refractivity contribution in [2.24, 2.45) is 0 Å². The van der Waals surface area contributed by atoms with Crippen molar-refractivity contribution in [1.29, 1.82) is 0 Å². The van der Waals surface area contributed by atoms with E-state index < -0.39 is 55.2 Å². The lowest BCUT2D eigenvalue weighted by Crippen LogP contribution is -2.70. The molecule has 0 bridgehead atoms. The maximum Gasteiger partial charge on any atom is 0.460 e. The average Bonchev–Trinajstić information content (AvgIpc) is 2.34. The van der Waals surface area contributed by atoms with E-state index in [0.29, 0.717) is 0 Å². The summed E-state index contributed by atoms with van der Waals surface area (Å²) in [6.07, 6.45) is -11.1. The van der Waals surface area contributed by atoms with Gasteiger partial charge in [-0.15, -0.1) is 0 Å². The van der Waals surface area contributed by atoms with Crippen LogP contribution in [0.2, 0.25) is 0 Å². The first kappa shape index (κ1) is 22.1. The molecule has 23 heavy (non-hydrogen) atoms. The zero-order chi connectivity index (χ0) is 19.1. The van der Waals surface area contributed by atoms with E-state index in [1.54, 1.807) is 0 Å². The molecule has 0 radical (unpaired) electrons. The SMILES string of the molecule is OCCCC(F)(F)C(F)(F)C(F)(F)C(F)(F)C(F)(F)C(F)(F)F. The fourth-order valence-electron chi connectivity index (χ4n) is 1.26. The molecular formula is C9H7F13O. The summed E-state index contributed by atoms with van der Waals surface area (Å²) >= 11 is 0. The minimum atomic E-state index is -7.87. The Kier molecular flexibility index (Phi) is 5.60. The lowest BCUT2D eigenvalue weighted by atomic mass is 9.92. The van der Waals surface area contributed by atoms with Crippen molar-refractivity contribution in [1.82, 2.24) is 0 Å². The van der Waals surface area contributed by atoms with Crippen LogP contribution < -0.4 is 0 Å². The first-order valence-corrected chi connectivity index (χ1v) is 5.38. The minimum absolute atomic E-state index is 1.29. The molecule has 0 aliphatic carbocycles. The van der Waals surface area contributed by atoms with E-state index in [2.05, 4.69) is 0 Å². The van der Waals surface area contributed by atoms with Crippen LogP contribution >= 0.6 is 0 Å².